The molecule has 0 bridgehead atoms. The predicted molar refractivity (Wildman–Crippen MR) is 58.1 cm³/mol. The van der Waals surface area contributed by atoms with E-state index in [-0.39, 0.29) is 17.8 Å². The van der Waals surface area contributed by atoms with Gasteiger partial charge in [0.05, 0.1) is 0 Å². The van der Waals surface area contributed by atoms with Crippen molar-refractivity contribution in [2.75, 3.05) is 0 Å². The van der Waals surface area contributed by atoms with E-state index in [0.717, 1.165) is 19.3 Å². The topological polar surface area (TPSA) is 0 Å². The van der Waals surface area contributed by atoms with Gasteiger partial charge in [-0.1, -0.05) is 20.8 Å². The number of fused-ring (bicyclic) bond motifs is 1. The molecule has 0 heterocycles. The first-order chi connectivity index (χ1) is 7.02. The van der Waals surface area contributed by atoms with Gasteiger partial charge in [-0.3, -0.25) is 0 Å². The molecule has 88 valence electrons. The molecule has 0 aromatic carbocycles. The zero-order valence-corrected chi connectivity index (χ0v) is 9.92. The van der Waals surface area contributed by atoms with Gasteiger partial charge in [-0.05, 0) is 42.9 Å². The van der Waals surface area contributed by atoms with E-state index in [9.17, 15) is 8.78 Å². The van der Waals surface area contributed by atoms with E-state index in [1.807, 2.05) is 13.8 Å². The molecule has 0 spiro atoms. The van der Waals surface area contributed by atoms with Crippen LogP contribution in [-0.4, -0.2) is 12.3 Å². The van der Waals surface area contributed by atoms with Crippen LogP contribution in [0.15, 0.2) is 0 Å². The minimum absolute atomic E-state index is 0.0369. The van der Waals surface area contributed by atoms with Crippen LogP contribution in [0, 0.1) is 29.6 Å². The Labute approximate surface area is 91.4 Å². The minimum atomic E-state index is -0.920. The lowest BCUT2D eigenvalue weighted by atomic mass is 9.60. The molecule has 0 aromatic heterocycles. The standard InChI is InChI=1S/C13H22F2/c1-7-4-5-10-6-8(2)9(3)13(15)11(10)12(7)14/h7-13H,4-6H2,1-3H3. The van der Waals surface area contributed by atoms with Gasteiger partial charge >= 0.3 is 0 Å². The molecule has 0 amide bonds. The number of hydrogen-bond acceptors (Lipinski definition) is 0. The summed E-state index contributed by atoms with van der Waals surface area (Å²) in [6.07, 6.45) is 1.17. The van der Waals surface area contributed by atoms with E-state index >= 15 is 0 Å². The Kier molecular flexibility index (Phi) is 3.05. The summed E-state index contributed by atoms with van der Waals surface area (Å²) in [7, 11) is 0. The summed E-state index contributed by atoms with van der Waals surface area (Å²) >= 11 is 0. The first-order valence-corrected chi connectivity index (χ1v) is 6.30. The molecule has 0 nitrogen and oxygen atoms in total. The summed E-state index contributed by atoms with van der Waals surface area (Å²) in [5.74, 6) is 0.513. The Morgan fingerprint density at radius 1 is 0.867 bits per heavy atom. The first kappa shape index (κ1) is 11.3. The lowest BCUT2D eigenvalue weighted by Gasteiger charge is -2.47. The van der Waals surface area contributed by atoms with Crippen molar-refractivity contribution < 1.29 is 8.78 Å². The first-order valence-electron chi connectivity index (χ1n) is 6.30. The van der Waals surface area contributed by atoms with Gasteiger partial charge in [0.2, 0.25) is 0 Å². The van der Waals surface area contributed by atoms with E-state index in [1.165, 1.54) is 0 Å². The molecule has 0 radical (unpaired) electrons. The summed E-state index contributed by atoms with van der Waals surface area (Å²) in [4.78, 5) is 0. The fourth-order valence-electron chi connectivity index (χ4n) is 3.54. The smallest absolute Gasteiger partial charge is 0.109 e. The molecule has 0 N–H and O–H groups in total. The third kappa shape index (κ3) is 1.81. The van der Waals surface area contributed by atoms with E-state index in [4.69, 9.17) is 0 Å². The zero-order valence-electron chi connectivity index (χ0n) is 9.92. The molecule has 2 aliphatic carbocycles. The number of rotatable bonds is 0. The molecule has 0 aliphatic heterocycles. The summed E-state index contributed by atoms with van der Waals surface area (Å²) in [6.45, 7) is 5.98. The van der Waals surface area contributed by atoms with Crippen LogP contribution >= 0.6 is 0 Å². The Hall–Kier alpha value is -0.140. The van der Waals surface area contributed by atoms with Crippen LogP contribution in [0.3, 0.4) is 0 Å². The van der Waals surface area contributed by atoms with Crippen LogP contribution in [0.5, 0.6) is 0 Å². The van der Waals surface area contributed by atoms with Crippen LogP contribution in [0.1, 0.15) is 40.0 Å². The molecule has 7 atom stereocenters. The van der Waals surface area contributed by atoms with Gasteiger partial charge in [0.1, 0.15) is 12.3 Å². The summed E-state index contributed by atoms with van der Waals surface area (Å²) in [6, 6.07) is 0. The summed E-state index contributed by atoms with van der Waals surface area (Å²) < 4.78 is 28.2. The van der Waals surface area contributed by atoms with Crippen molar-refractivity contribution in [3.8, 4) is 0 Å². The van der Waals surface area contributed by atoms with Gasteiger partial charge in [0.25, 0.3) is 0 Å². The molecule has 2 saturated carbocycles. The number of halogens is 2. The van der Waals surface area contributed by atoms with Crippen LogP contribution < -0.4 is 0 Å². The average Bonchev–Trinajstić information content (AvgIpc) is 2.20. The van der Waals surface area contributed by atoms with Crippen molar-refractivity contribution >= 4 is 0 Å². The van der Waals surface area contributed by atoms with Crippen molar-refractivity contribution in [2.45, 2.75) is 52.4 Å². The van der Waals surface area contributed by atoms with Gasteiger partial charge < -0.3 is 0 Å². The molecule has 7 unspecified atom stereocenters. The molecule has 2 fully saturated rings. The summed E-state index contributed by atoms with van der Waals surface area (Å²) in [5.41, 5.74) is 0. The maximum absolute atomic E-state index is 14.1. The highest BCUT2D eigenvalue weighted by Gasteiger charge is 2.48. The third-order valence-corrected chi connectivity index (χ3v) is 4.89. The Morgan fingerprint density at radius 3 is 2.20 bits per heavy atom. The molecule has 2 heteroatoms. The SMILES string of the molecule is CC1CC2CCC(C)C(F)C2C(F)C1C. The molecule has 2 rings (SSSR count). The second-order valence-electron chi connectivity index (χ2n) is 5.85. The second-order valence-corrected chi connectivity index (χ2v) is 5.85. The highest BCUT2D eigenvalue weighted by molar-refractivity contribution is 4.96. The molecule has 15 heavy (non-hydrogen) atoms. The molecular formula is C13H22F2. The fourth-order valence-corrected chi connectivity index (χ4v) is 3.54. The number of hydrogen-bond donors (Lipinski definition) is 0. The lowest BCUT2D eigenvalue weighted by molar-refractivity contribution is -0.0620. The Morgan fingerprint density at radius 2 is 1.53 bits per heavy atom. The third-order valence-electron chi connectivity index (χ3n) is 4.89. The van der Waals surface area contributed by atoms with E-state index < -0.39 is 12.3 Å². The van der Waals surface area contributed by atoms with Crippen molar-refractivity contribution in [3.63, 3.8) is 0 Å². The average molecular weight is 216 g/mol. The molecular weight excluding hydrogens is 194 g/mol. The maximum Gasteiger partial charge on any atom is 0.109 e. The highest BCUT2D eigenvalue weighted by atomic mass is 19.1. The van der Waals surface area contributed by atoms with Crippen molar-refractivity contribution in [2.24, 2.45) is 29.6 Å². The molecule has 2 aliphatic rings. The zero-order chi connectivity index (χ0) is 11.2. The minimum Gasteiger partial charge on any atom is -0.247 e. The molecule has 0 saturated heterocycles. The Bertz CT molecular complexity index is 227. The number of alkyl halides is 2. The van der Waals surface area contributed by atoms with Crippen LogP contribution in [0.2, 0.25) is 0 Å². The Balaban J connectivity index is 2.16. The van der Waals surface area contributed by atoms with Crippen molar-refractivity contribution in [1.82, 2.24) is 0 Å². The second kappa shape index (κ2) is 4.03. The fraction of sp³-hybridized carbons (Fsp3) is 1.00. The lowest BCUT2D eigenvalue weighted by Crippen LogP contribution is -2.48. The van der Waals surface area contributed by atoms with Gasteiger partial charge in [0, 0.05) is 5.92 Å². The van der Waals surface area contributed by atoms with Gasteiger partial charge in [-0.2, -0.15) is 0 Å². The van der Waals surface area contributed by atoms with Gasteiger partial charge in [0.15, 0.2) is 0 Å². The predicted octanol–water partition coefficient (Wildman–Crippen LogP) is 4.00. The monoisotopic (exact) mass is 216 g/mol. The summed E-state index contributed by atoms with van der Waals surface area (Å²) in [5, 5.41) is 0. The van der Waals surface area contributed by atoms with Crippen LogP contribution in [0.25, 0.3) is 0 Å². The largest absolute Gasteiger partial charge is 0.247 e. The maximum atomic E-state index is 14.1. The van der Waals surface area contributed by atoms with Crippen molar-refractivity contribution in [1.29, 1.82) is 0 Å². The van der Waals surface area contributed by atoms with Gasteiger partial charge in [-0.25, -0.2) is 8.78 Å². The normalized spacial score (nSPS) is 56.2. The quantitative estimate of drug-likeness (QED) is 0.574. The molecule has 0 aromatic rings. The van der Waals surface area contributed by atoms with Crippen LogP contribution in [-0.2, 0) is 0 Å². The van der Waals surface area contributed by atoms with Crippen molar-refractivity contribution in [3.05, 3.63) is 0 Å². The highest BCUT2D eigenvalue weighted by Crippen LogP contribution is 2.49. The van der Waals surface area contributed by atoms with E-state index in [2.05, 4.69) is 6.92 Å². The van der Waals surface area contributed by atoms with E-state index in [1.54, 1.807) is 0 Å². The van der Waals surface area contributed by atoms with E-state index in [0.29, 0.717) is 11.8 Å². The van der Waals surface area contributed by atoms with Crippen LogP contribution in [0.4, 0.5) is 8.78 Å². The van der Waals surface area contributed by atoms with Gasteiger partial charge in [-0.15, -0.1) is 0 Å².